The van der Waals surface area contributed by atoms with Gasteiger partial charge in [-0.1, -0.05) is 0 Å². The summed E-state index contributed by atoms with van der Waals surface area (Å²) in [5.74, 6) is 0. The summed E-state index contributed by atoms with van der Waals surface area (Å²) < 4.78 is 12.1. The van der Waals surface area contributed by atoms with Crippen LogP contribution < -0.4 is 34.0 Å². The van der Waals surface area contributed by atoms with Crippen molar-refractivity contribution < 1.29 is 68.4 Å². The molecule has 48 heavy (non-hydrogen) atoms. The van der Waals surface area contributed by atoms with Crippen LogP contribution in [0.25, 0.3) is 0 Å². The van der Waals surface area contributed by atoms with Gasteiger partial charge in [0.2, 0.25) is 0 Å². The van der Waals surface area contributed by atoms with E-state index in [1.807, 2.05) is 55.3 Å². The van der Waals surface area contributed by atoms with Crippen LogP contribution in [0, 0.1) is 83.1 Å². The molecule has 266 valence electrons. The Balaban J connectivity index is 0.000000853. The Labute approximate surface area is 326 Å². The van der Waals surface area contributed by atoms with Crippen LogP contribution in [-0.4, -0.2) is 72.4 Å². The summed E-state index contributed by atoms with van der Waals surface area (Å²) in [6.45, 7) is 24.5. The van der Waals surface area contributed by atoms with Crippen LogP contribution in [0.15, 0.2) is 36.4 Å². The summed E-state index contributed by atoms with van der Waals surface area (Å²) in [7, 11) is -1.48. The number of nitrogens with zero attached hydrogens (tertiary/aromatic N) is 12. The fraction of sp³-hybridized carbons (Fsp3) is 0.400. The van der Waals surface area contributed by atoms with Gasteiger partial charge < -0.3 is 47.7 Å². The van der Waals surface area contributed by atoms with E-state index in [-0.39, 0.29) is 75.5 Å². The molecule has 6 heterocycles. The number of hydrogen-bond acceptors (Lipinski definition) is 6. The maximum Gasteiger partial charge on any atom is 1.00 e. The van der Waals surface area contributed by atoms with Crippen molar-refractivity contribution in [2.24, 2.45) is 0 Å². The van der Waals surface area contributed by atoms with E-state index in [9.17, 15) is 0 Å². The third kappa shape index (κ3) is 8.92. The molecule has 0 fully saturated rings. The van der Waals surface area contributed by atoms with E-state index in [0.29, 0.717) is 0 Å². The number of aryl methyl sites for hydroxylation is 12. The summed E-state index contributed by atoms with van der Waals surface area (Å²) in [4.78, 5) is 0. The summed E-state index contributed by atoms with van der Waals surface area (Å²) in [5, 5.41) is 28.1. The molecule has 0 saturated carbocycles. The minimum atomic E-state index is -1.26. The first-order valence-corrected chi connectivity index (χ1v) is 15.1. The molecule has 0 radical (unpaired) electrons. The van der Waals surface area contributed by atoms with Gasteiger partial charge in [-0.3, -0.25) is 13.8 Å². The second-order valence-corrected chi connectivity index (χ2v) is 12.2. The summed E-state index contributed by atoms with van der Waals surface area (Å²) in [6.07, 6.45) is 0. The number of hydrogen-bond donors (Lipinski definition) is 0. The molecule has 0 unspecified atom stereocenters. The van der Waals surface area contributed by atoms with E-state index in [2.05, 4.69) is 107 Å². The van der Waals surface area contributed by atoms with E-state index < -0.39 is 7.12 Å². The Morgan fingerprint density at radius 1 is 0.396 bits per heavy atom. The van der Waals surface area contributed by atoms with Crippen molar-refractivity contribution in [3.63, 3.8) is 0 Å². The van der Waals surface area contributed by atoms with Crippen molar-refractivity contribution in [2.45, 2.75) is 83.1 Å². The average Bonchev–Trinajstić information content (AvgIpc) is 3.74. The Bertz CT molecular complexity index is 1600. The zero-order chi connectivity index (χ0) is 32.0. The molecule has 0 spiro atoms. The van der Waals surface area contributed by atoms with Gasteiger partial charge in [0.05, 0.1) is 34.2 Å². The van der Waals surface area contributed by atoms with E-state index >= 15 is 0 Å². The monoisotopic (exact) mass is 868 g/mol. The molecule has 6 aromatic heterocycles. The standard InChI is InChI=1S/C15H22BN6.C15H21BN6.2BrH.2Ni/c2*1-10-7-13(4)20(17-10)16(21-14(5)8-11(2)18-21)22-15(6)9-12(3)19-22;;;;/h7-9,16H,1-6H3;7-9H,1-6H3;2*1H;;/q-1;;;;;/p-1. The second-order valence-electron chi connectivity index (χ2n) is 12.2. The first-order valence-electron chi connectivity index (χ1n) is 15.1. The van der Waals surface area contributed by atoms with Crippen molar-refractivity contribution in [3.05, 3.63) is 105 Å². The zero-order valence-corrected chi connectivity index (χ0v) is 34.7. The SMILES string of the molecule is Cc1cc(C)n(B(n2nc(C)cc2C)n2nc(C)cc2C)n1.Cc1cc(C)n([BH-](n2nc(C)cc2C)n2nc(C)cc2C)n1.[Br-].[Br-].[H+].[Ni].[Ni]. The van der Waals surface area contributed by atoms with E-state index in [1.54, 1.807) is 0 Å². The number of aromatic nitrogens is 12. The zero-order valence-electron chi connectivity index (χ0n) is 30.5. The van der Waals surface area contributed by atoms with Crippen LogP contribution in [0.2, 0.25) is 0 Å². The predicted molar refractivity (Wildman–Crippen MR) is 177 cm³/mol. The molecule has 0 aromatic carbocycles. The minimum absolute atomic E-state index is 0. The summed E-state index contributed by atoms with van der Waals surface area (Å²) >= 11 is 0. The van der Waals surface area contributed by atoms with Gasteiger partial charge in [0.15, 0.2) is 0 Å². The van der Waals surface area contributed by atoms with Gasteiger partial charge in [0.25, 0.3) is 0 Å². The second kappa shape index (κ2) is 17.3. The Kier molecular flexibility index (Phi) is 15.6. The summed E-state index contributed by atoms with van der Waals surface area (Å²) in [5.41, 5.74) is 12.6. The molecule has 0 aliphatic carbocycles. The number of rotatable bonds is 6. The predicted octanol–water partition coefficient (Wildman–Crippen LogP) is -2.04. The molecule has 0 aliphatic heterocycles. The molecule has 6 aromatic rings. The fourth-order valence-electron chi connectivity index (χ4n) is 6.21. The Morgan fingerprint density at radius 3 is 0.771 bits per heavy atom. The van der Waals surface area contributed by atoms with Crippen LogP contribution in [0.4, 0.5) is 0 Å². The third-order valence-corrected chi connectivity index (χ3v) is 7.90. The molecule has 0 amide bonds. The topological polar surface area (TPSA) is 107 Å². The molecule has 12 nitrogen and oxygen atoms in total. The van der Waals surface area contributed by atoms with E-state index in [4.69, 9.17) is 15.3 Å². The van der Waals surface area contributed by atoms with Gasteiger partial charge in [0, 0.05) is 50.1 Å². The van der Waals surface area contributed by atoms with Crippen molar-refractivity contribution >= 4 is 14.2 Å². The minimum Gasteiger partial charge on any atom is -1.00 e. The van der Waals surface area contributed by atoms with Crippen molar-refractivity contribution in [1.82, 2.24) is 58.1 Å². The van der Waals surface area contributed by atoms with Crippen molar-refractivity contribution in [3.8, 4) is 0 Å². The van der Waals surface area contributed by atoms with E-state index in [0.717, 1.165) is 68.3 Å². The van der Waals surface area contributed by atoms with Gasteiger partial charge >= 0.3 is 15.7 Å². The van der Waals surface area contributed by atoms with E-state index in [1.165, 1.54) is 0 Å². The Morgan fingerprint density at radius 2 is 0.604 bits per heavy atom. The number of halogens is 2. The molecule has 0 saturated heterocycles. The Hall–Kier alpha value is -2.66. The largest absolute Gasteiger partial charge is 1.00 e. The summed E-state index contributed by atoms with van der Waals surface area (Å²) in [6, 6.07) is 12.5. The molecule has 0 atom stereocenters. The quantitative estimate of drug-likeness (QED) is 0.179. The first kappa shape index (κ1) is 43.4. The van der Waals surface area contributed by atoms with Crippen molar-refractivity contribution in [1.29, 1.82) is 0 Å². The maximum atomic E-state index is 4.70. The van der Waals surface area contributed by atoms with Gasteiger partial charge in [0.1, 0.15) is 0 Å². The third-order valence-electron chi connectivity index (χ3n) is 7.90. The molecule has 0 aliphatic rings. The first-order chi connectivity index (χ1) is 20.7. The van der Waals surface area contributed by atoms with Gasteiger partial charge in [-0.25, -0.2) is 15.3 Å². The van der Waals surface area contributed by atoms with Gasteiger partial charge in [-0.15, -0.1) is 0 Å². The van der Waals surface area contributed by atoms with Crippen LogP contribution in [0.5, 0.6) is 0 Å². The molecule has 6 rings (SSSR count). The van der Waals surface area contributed by atoms with Crippen LogP contribution in [0.1, 0.15) is 69.8 Å². The van der Waals surface area contributed by atoms with Crippen LogP contribution in [-0.2, 0) is 33.0 Å². The maximum absolute atomic E-state index is 4.70. The molecule has 0 bridgehead atoms. The molecule has 18 heteroatoms. The van der Waals surface area contributed by atoms with Crippen molar-refractivity contribution in [2.75, 3.05) is 0 Å². The van der Waals surface area contributed by atoms with Crippen LogP contribution >= 0.6 is 0 Å². The molecular weight excluding hydrogens is 827 g/mol. The fourth-order valence-corrected chi connectivity index (χ4v) is 6.21. The van der Waals surface area contributed by atoms with Gasteiger partial charge in [-0.05, 0) is 137 Å². The molecular formula is C30H44B2Br2N12Ni2-2. The van der Waals surface area contributed by atoms with Gasteiger partial charge in [-0.2, -0.15) is 15.3 Å². The molecule has 0 N–H and O–H groups in total. The normalized spacial score (nSPS) is 10.4. The average molecular weight is 872 g/mol. The van der Waals surface area contributed by atoms with Crippen LogP contribution in [0.3, 0.4) is 0 Å². The smallest absolute Gasteiger partial charge is 1.00 e.